The third kappa shape index (κ3) is 40.0. The number of amides is 1. The minimum absolute atomic E-state index is 0.0180. The van der Waals surface area contributed by atoms with Crippen molar-refractivity contribution >= 4 is 96.4 Å². The van der Waals surface area contributed by atoms with Gasteiger partial charge in [-0.25, -0.2) is 43.6 Å². The van der Waals surface area contributed by atoms with E-state index in [1.54, 1.807) is 17.9 Å². The molecule has 141 heavy (non-hydrogen) atoms. The number of hydrogen-bond acceptors (Lipinski definition) is 60. The Hall–Kier alpha value is -4.65. The number of carbonyl (C=O) groups is 4. The predicted molar refractivity (Wildman–Crippen MR) is 454 cm³/mol. The number of nitrogens with zero attached hydrogens (tertiary/aromatic N) is 3. The molecule has 0 spiro atoms. The SMILES string of the molecule is CNC(=O)CCOCCOCCOCCOCCn1cc(CCC(=O)CCCOCCOCCOCCO[C@H]2[C@H](OC)[C@@H](OC)[C@@H](O[C@H]3[C@H](OC)[C@@H](OC)[C@H](O[C@H]4[C@H](OS(=O)(=O)OC)[C@@H](OS(=O)(=O)OC)[C@@H](O[C@H]5[C@H](OC)[C@@H](OC)[C@H](O[C@H]6[C@H](OS(=O)(=O)OC)[C@@H](OS(=O)(=O)OC)[C@@H](OC)O[C@@H]6COS(=O)(=O)OC)O[C@H]5C(=O)OC)O[C@@H]4COS(=O)(=O)OC)O[C@@H]3C(=O)OC)O[C@@H]2COS(=O)(=O)OC)nn1. The van der Waals surface area contributed by atoms with E-state index in [4.69, 9.17) is 152 Å². The number of carbonyl (C=O) groups excluding carboxylic acids is 4. The Morgan fingerprint density at radius 2 is 0.645 bits per heavy atom. The van der Waals surface area contributed by atoms with Crippen molar-refractivity contribution in [3.8, 4) is 0 Å². The van der Waals surface area contributed by atoms with E-state index >= 15 is 0 Å². The van der Waals surface area contributed by atoms with Crippen molar-refractivity contribution < 1.29 is 260 Å². The molecule has 0 aromatic carbocycles. The van der Waals surface area contributed by atoms with Gasteiger partial charge >= 0.3 is 84.7 Å². The summed E-state index contributed by atoms with van der Waals surface area (Å²) in [6, 6.07) is 0. The molecule has 1 amide bonds. The summed E-state index contributed by atoms with van der Waals surface area (Å²) >= 11 is 0. The number of aromatic nitrogens is 3. The van der Waals surface area contributed by atoms with Crippen molar-refractivity contribution in [3.05, 3.63) is 11.9 Å². The number of ether oxygens (including phenoxy) is 26. The highest BCUT2D eigenvalue weighted by Crippen LogP contribution is 2.42. The van der Waals surface area contributed by atoms with Gasteiger partial charge in [0.2, 0.25) is 5.91 Å². The molecule has 824 valence electrons. The lowest BCUT2D eigenvalue weighted by atomic mass is 9.94. The zero-order valence-electron chi connectivity index (χ0n) is 79.9. The minimum atomic E-state index is -5.64. The van der Waals surface area contributed by atoms with Crippen LogP contribution in [0.1, 0.15) is 31.4 Å². The van der Waals surface area contributed by atoms with E-state index in [1.165, 1.54) is 14.2 Å². The Labute approximate surface area is 816 Å². The Morgan fingerprint density at radius 3 is 1.01 bits per heavy atom. The highest BCUT2D eigenvalue weighted by molar-refractivity contribution is 7.83. The van der Waals surface area contributed by atoms with Gasteiger partial charge in [-0.15, -0.1) is 5.10 Å². The summed E-state index contributed by atoms with van der Waals surface area (Å²) in [7, 11) is -22.3. The van der Waals surface area contributed by atoms with Crippen LogP contribution in [0.4, 0.5) is 0 Å². The van der Waals surface area contributed by atoms with Crippen molar-refractivity contribution in [3.63, 3.8) is 0 Å². The molecule has 5 fully saturated rings. The van der Waals surface area contributed by atoms with Gasteiger partial charge in [-0.1, -0.05) is 5.21 Å². The smallest absolute Gasteiger partial charge is 0.400 e. The molecule has 0 aliphatic carbocycles. The van der Waals surface area contributed by atoms with Crippen LogP contribution in [0.3, 0.4) is 0 Å². The Kier molecular flexibility index (Phi) is 55.1. The second-order valence-electron chi connectivity index (χ2n) is 29.1. The van der Waals surface area contributed by atoms with Gasteiger partial charge in [0, 0.05) is 88.9 Å². The van der Waals surface area contributed by atoms with Crippen LogP contribution in [-0.2, 0) is 287 Å². The van der Waals surface area contributed by atoms with E-state index in [0.29, 0.717) is 121 Å². The van der Waals surface area contributed by atoms with Crippen LogP contribution in [0, 0.1) is 0 Å². The molecule has 6 heterocycles. The minimum Gasteiger partial charge on any atom is -0.467 e. The van der Waals surface area contributed by atoms with Gasteiger partial charge < -0.3 is 128 Å². The molecular weight excluding hydrogens is 2070 g/mol. The summed E-state index contributed by atoms with van der Waals surface area (Å²) in [5.41, 5.74) is 0.654. The second kappa shape index (κ2) is 62.1. The van der Waals surface area contributed by atoms with Crippen LogP contribution < -0.4 is 5.32 Å². The third-order valence-electron chi connectivity index (χ3n) is 20.7. The Bertz CT molecular complexity index is 4690. The van der Waals surface area contributed by atoms with Gasteiger partial charge in [0.25, 0.3) is 0 Å². The van der Waals surface area contributed by atoms with E-state index in [1.807, 2.05) is 0 Å². The molecule has 1 aromatic rings. The van der Waals surface area contributed by atoms with Gasteiger partial charge in [-0.05, 0) is 12.8 Å². The molecule has 1 aromatic heterocycles. The number of rotatable bonds is 73. The standard InChI is InChI=1S/C72H126N4O58S7/c1-73-48(78)22-25-112-28-31-115-33-34-116-32-29-113-26-23-76-39-43(74-75-76)20-21-44(77)19-18-24-111-27-30-114-35-36-117-37-38-118-49-45(40-119-135(81,82)104-11)123-69(61(98-5)52(49)95-2)127-55-53(96-3)62(99-6)71(129-59(55)66(79)101-8)126-51-47(42-121-137(85,86)106-13)124-72(65(134-141(93,94)110-17)58(51)132-139(89,90)108-15)128-56-54(97-4)63(100-7)70(130-60(56)67(80)102-9)125-50-46(41-120-136(83,84)105-12)122-68(103-10)64(133-140(91,92)109-16)57(50)131-138(87,88)107-14/h39,45-47,49-65,68-72H,18-38,40-42H2,1-17H3,(H,73,78)/t45-,46-,47-,49-,50-,51-,52+,53+,54+,55+,56+,57+,58+,59+,60-,61-,62-,63-,64-,65-,68+,69-,70-,71-,72-/m1/s1. The maximum absolute atomic E-state index is 14.4. The summed E-state index contributed by atoms with van der Waals surface area (Å²) in [5, 5.41) is 10.8. The monoisotopic (exact) mass is 2200 g/mol. The number of nitrogens with one attached hydrogen (secondary N) is 1. The highest BCUT2D eigenvalue weighted by atomic mass is 32.3. The van der Waals surface area contributed by atoms with Gasteiger partial charge in [0.05, 0.1) is 189 Å². The van der Waals surface area contributed by atoms with E-state index in [0.717, 1.165) is 56.9 Å². The van der Waals surface area contributed by atoms with Crippen molar-refractivity contribution in [1.82, 2.24) is 20.3 Å². The average molecular weight is 2200 g/mol. The number of methoxy groups -OCH3 is 9. The summed E-state index contributed by atoms with van der Waals surface area (Å²) in [6.45, 7) is 0.102. The Morgan fingerprint density at radius 1 is 0.326 bits per heavy atom. The molecule has 69 heteroatoms. The molecule has 6 rings (SSSR count). The number of ketones is 1. The quantitative estimate of drug-likeness (QED) is 0.0468. The topological polar surface area (TPSA) is 719 Å². The molecule has 62 nitrogen and oxygen atoms in total. The van der Waals surface area contributed by atoms with Crippen LogP contribution in [0.2, 0.25) is 0 Å². The van der Waals surface area contributed by atoms with Crippen molar-refractivity contribution in [2.45, 2.75) is 192 Å². The molecule has 5 aliphatic heterocycles. The molecule has 0 saturated carbocycles. The summed E-state index contributed by atoms with van der Waals surface area (Å²) in [6.07, 6.45) is -50.7. The highest BCUT2D eigenvalue weighted by Gasteiger charge is 2.63. The first-order chi connectivity index (χ1) is 67.0. The molecular formula is C72H126N4O58S7. The van der Waals surface area contributed by atoms with Crippen LogP contribution in [0.5, 0.6) is 0 Å². The maximum atomic E-state index is 14.4. The summed E-state index contributed by atoms with van der Waals surface area (Å²) in [5.74, 6) is -2.99. The fourth-order valence-electron chi connectivity index (χ4n) is 13.9. The number of esters is 2. The van der Waals surface area contributed by atoms with Crippen LogP contribution in [0.15, 0.2) is 6.20 Å². The zero-order chi connectivity index (χ0) is 104. The average Bonchev–Trinajstić information content (AvgIpc) is 1.26. The Balaban J connectivity index is 1.18. The van der Waals surface area contributed by atoms with Gasteiger partial charge in [-0.2, -0.15) is 58.9 Å². The molecule has 0 bridgehead atoms. The zero-order valence-corrected chi connectivity index (χ0v) is 85.6. The number of hydrogen-bond donors (Lipinski definition) is 1. The van der Waals surface area contributed by atoms with Gasteiger partial charge in [-0.3, -0.25) is 38.9 Å². The first kappa shape index (κ1) is 125. The van der Waals surface area contributed by atoms with Crippen LogP contribution in [-0.4, -0.2) is 491 Å². The fraction of sp³-hybridized carbons (Fsp3) is 0.917. The molecule has 0 radical (unpaired) electrons. The van der Waals surface area contributed by atoms with Gasteiger partial charge in [0.1, 0.15) is 103 Å². The summed E-state index contributed by atoms with van der Waals surface area (Å²) < 4.78 is 408. The lowest BCUT2D eigenvalue weighted by Gasteiger charge is -2.51. The fourth-order valence-corrected chi connectivity index (χ4v) is 17.4. The normalized spacial score (nSPS) is 29.0. The molecule has 1 N–H and O–H groups in total. The van der Waals surface area contributed by atoms with E-state index in [2.05, 4.69) is 44.9 Å². The number of aryl methyl sites for hydroxylation is 1. The van der Waals surface area contributed by atoms with Crippen LogP contribution >= 0.6 is 0 Å². The molecule has 5 aliphatic rings. The third-order valence-corrected chi connectivity index (χ3v) is 26.7. The molecule has 0 unspecified atom stereocenters. The second-order valence-corrected chi connectivity index (χ2v) is 38.7. The lowest BCUT2D eigenvalue weighted by Crippen LogP contribution is -2.70. The van der Waals surface area contributed by atoms with E-state index in [9.17, 15) is 78.1 Å². The first-order valence-electron chi connectivity index (χ1n) is 42.3. The van der Waals surface area contributed by atoms with E-state index < -0.39 is 258 Å². The van der Waals surface area contributed by atoms with Crippen molar-refractivity contribution in [2.75, 3.05) is 240 Å². The maximum Gasteiger partial charge on any atom is 0.400 e. The summed E-state index contributed by atoms with van der Waals surface area (Å²) in [4.78, 5) is 52.8. The predicted octanol–water partition coefficient (Wildman–Crippen LogP) is -6.73. The van der Waals surface area contributed by atoms with Crippen molar-refractivity contribution in [2.24, 2.45) is 0 Å². The lowest BCUT2D eigenvalue weighted by molar-refractivity contribution is -0.388. The molecule has 25 atom stereocenters. The molecule has 5 saturated heterocycles. The van der Waals surface area contributed by atoms with E-state index in [-0.39, 0.29) is 77.2 Å². The van der Waals surface area contributed by atoms with Gasteiger partial charge in [0.15, 0.2) is 55.9 Å². The van der Waals surface area contributed by atoms with Crippen molar-refractivity contribution in [1.29, 1.82) is 0 Å². The first-order valence-corrected chi connectivity index (χ1v) is 51.6. The van der Waals surface area contributed by atoms with Crippen LogP contribution in [0.25, 0.3) is 0 Å². The number of Topliss-reactive ketones (excluding diaryl/α,β-unsaturated/α-hetero) is 1. The largest absolute Gasteiger partial charge is 0.467 e.